The first-order valence-corrected chi connectivity index (χ1v) is 9.83. The van der Waals surface area contributed by atoms with Gasteiger partial charge in [0.2, 0.25) is 5.91 Å². The van der Waals surface area contributed by atoms with Crippen molar-refractivity contribution in [2.75, 3.05) is 11.1 Å². The van der Waals surface area contributed by atoms with Crippen LogP contribution in [-0.4, -0.2) is 21.9 Å². The highest BCUT2D eigenvalue weighted by atomic mass is 32.2. The summed E-state index contributed by atoms with van der Waals surface area (Å²) in [4.78, 5) is 12.2. The molecule has 0 aliphatic rings. The predicted octanol–water partition coefficient (Wildman–Crippen LogP) is 5.11. The number of benzene rings is 2. The Balaban J connectivity index is 1.60. The Bertz CT molecular complexity index is 968. The number of carbonyl (C=O) groups excluding carboxylic acids is 1. The molecule has 0 radical (unpaired) electrons. The van der Waals surface area contributed by atoms with E-state index in [4.69, 9.17) is 0 Å². The zero-order chi connectivity index (χ0) is 19.4. The van der Waals surface area contributed by atoms with Crippen LogP contribution in [0.3, 0.4) is 0 Å². The second-order valence-electron chi connectivity index (χ2n) is 6.64. The maximum Gasteiger partial charge on any atom is 0.234 e. The van der Waals surface area contributed by atoms with E-state index in [-0.39, 0.29) is 5.91 Å². The summed E-state index contributed by atoms with van der Waals surface area (Å²) < 4.78 is 0. The average Bonchev–Trinajstić information content (AvgIpc) is 2.66. The van der Waals surface area contributed by atoms with Crippen molar-refractivity contribution < 1.29 is 4.79 Å². The van der Waals surface area contributed by atoms with Gasteiger partial charge in [0, 0.05) is 11.3 Å². The minimum atomic E-state index is -0.0475. The highest BCUT2D eigenvalue weighted by Gasteiger charge is 2.08. The maximum absolute atomic E-state index is 12.2. The molecule has 1 amide bonds. The first kappa shape index (κ1) is 19.1. The SMILES string of the molecule is Cc1ccc(-c2ccc(SCC(=O)Nc3cccc(C)c3C)nn2)cc1C. The van der Waals surface area contributed by atoms with Crippen LogP contribution in [0.2, 0.25) is 0 Å². The molecule has 5 heteroatoms. The second-order valence-corrected chi connectivity index (χ2v) is 7.64. The number of nitrogens with zero attached hydrogens (tertiary/aromatic N) is 2. The Morgan fingerprint density at radius 3 is 2.44 bits per heavy atom. The number of carbonyl (C=O) groups is 1. The van der Waals surface area contributed by atoms with Gasteiger partial charge in [-0.05, 0) is 74.2 Å². The molecule has 27 heavy (non-hydrogen) atoms. The van der Waals surface area contributed by atoms with Gasteiger partial charge in [0.15, 0.2) is 0 Å². The van der Waals surface area contributed by atoms with E-state index in [1.165, 1.54) is 22.9 Å². The molecular formula is C22H23N3OS. The van der Waals surface area contributed by atoms with Crippen molar-refractivity contribution in [2.45, 2.75) is 32.7 Å². The number of nitrogens with one attached hydrogen (secondary N) is 1. The summed E-state index contributed by atoms with van der Waals surface area (Å²) in [5.74, 6) is 0.249. The first-order chi connectivity index (χ1) is 12.9. The smallest absolute Gasteiger partial charge is 0.234 e. The molecule has 3 rings (SSSR count). The van der Waals surface area contributed by atoms with E-state index in [0.29, 0.717) is 5.75 Å². The molecule has 0 aliphatic heterocycles. The summed E-state index contributed by atoms with van der Waals surface area (Å²) in [5.41, 5.74) is 7.49. The topological polar surface area (TPSA) is 54.9 Å². The van der Waals surface area contributed by atoms with Gasteiger partial charge in [0.25, 0.3) is 0 Å². The lowest BCUT2D eigenvalue weighted by Gasteiger charge is -2.10. The zero-order valence-electron chi connectivity index (χ0n) is 16.0. The third-order valence-corrected chi connectivity index (χ3v) is 5.59. The first-order valence-electron chi connectivity index (χ1n) is 8.84. The Hall–Kier alpha value is -2.66. The van der Waals surface area contributed by atoms with Gasteiger partial charge in [-0.15, -0.1) is 10.2 Å². The van der Waals surface area contributed by atoms with Gasteiger partial charge < -0.3 is 5.32 Å². The predicted molar refractivity (Wildman–Crippen MR) is 112 cm³/mol. The van der Waals surface area contributed by atoms with Crippen molar-refractivity contribution >= 4 is 23.4 Å². The fraction of sp³-hybridized carbons (Fsp3) is 0.227. The van der Waals surface area contributed by atoms with Crippen LogP contribution in [0.5, 0.6) is 0 Å². The Morgan fingerprint density at radius 1 is 0.926 bits per heavy atom. The number of thioether (sulfide) groups is 1. The molecule has 1 aromatic heterocycles. The van der Waals surface area contributed by atoms with Gasteiger partial charge in [-0.2, -0.15) is 0 Å². The molecular weight excluding hydrogens is 354 g/mol. The number of anilines is 1. The normalized spacial score (nSPS) is 10.7. The minimum absolute atomic E-state index is 0.0475. The lowest BCUT2D eigenvalue weighted by Crippen LogP contribution is -2.15. The largest absolute Gasteiger partial charge is 0.325 e. The van der Waals surface area contributed by atoms with Crippen LogP contribution in [0.1, 0.15) is 22.3 Å². The van der Waals surface area contributed by atoms with Crippen LogP contribution >= 0.6 is 11.8 Å². The third kappa shape index (κ3) is 4.74. The van der Waals surface area contributed by atoms with Gasteiger partial charge in [-0.25, -0.2) is 0 Å². The van der Waals surface area contributed by atoms with Crippen LogP contribution in [0.15, 0.2) is 53.6 Å². The fourth-order valence-corrected chi connectivity index (χ4v) is 3.28. The number of rotatable bonds is 5. The maximum atomic E-state index is 12.2. The minimum Gasteiger partial charge on any atom is -0.325 e. The molecule has 3 aromatic rings. The van der Waals surface area contributed by atoms with E-state index in [0.717, 1.165) is 33.1 Å². The van der Waals surface area contributed by atoms with E-state index in [1.807, 2.05) is 44.2 Å². The summed E-state index contributed by atoms with van der Waals surface area (Å²) >= 11 is 1.38. The number of aryl methyl sites for hydroxylation is 3. The van der Waals surface area contributed by atoms with Crippen LogP contribution in [0.25, 0.3) is 11.3 Å². The Kier molecular flexibility index (Phi) is 5.91. The lowest BCUT2D eigenvalue weighted by molar-refractivity contribution is -0.113. The number of amides is 1. The molecule has 0 atom stereocenters. The summed E-state index contributed by atoms with van der Waals surface area (Å²) in [7, 11) is 0. The molecule has 0 aliphatic carbocycles. The molecule has 0 bridgehead atoms. The van der Waals surface area contributed by atoms with Crippen LogP contribution in [0.4, 0.5) is 5.69 Å². The van der Waals surface area contributed by atoms with Crippen molar-refractivity contribution in [3.8, 4) is 11.3 Å². The Morgan fingerprint density at radius 2 is 1.74 bits per heavy atom. The van der Waals surface area contributed by atoms with Crippen LogP contribution in [0, 0.1) is 27.7 Å². The molecule has 1 heterocycles. The van der Waals surface area contributed by atoms with Gasteiger partial charge in [0.1, 0.15) is 5.03 Å². The van der Waals surface area contributed by atoms with E-state index >= 15 is 0 Å². The third-order valence-electron chi connectivity index (χ3n) is 4.67. The summed E-state index contributed by atoms with van der Waals surface area (Å²) in [6, 6.07) is 16.0. The van der Waals surface area contributed by atoms with E-state index in [1.54, 1.807) is 0 Å². The lowest BCUT2D eigenvalue weighted by atomic mass is 10.0. The zero-order valence-corrected chi connectivity index (χ0v) is 16.9. The molecule has 138 valence electrons. The van der Waals surface area contributed by atoms with Gasteiger partial charge in [0.05, 0.1) is 11.4 Å². The van der Waals surface area contributed by atoms with E-state index in [9.17, 15) is 4.79 Å². The van der Waals surface area contributed by atoms with E-state index in [2.05, 4.69) is 47.6 Å². The monoisotopic (exact) mass is 377 g/mol. The van der Waals surface area contributed by atoms with Crippen molar-refractivity contribution in [3.05, 3.63) is 70.8 Å². The van der Waals surface area contributed by atoms with Crippen molar-refractivity contribution in [3.63, 3.8) is 0 Å². The van der Waals surface area contributed by atoms with Crippen LogP contribution < -0.4 is 5.32 Å². The molecule has 4 nitrogen and oxygen atoms in total. The highest BCUT2D eigenvalue weighted by Crippen LogP contribution is 2.23. The summed E-state index contributed by atoms with van der Waals surface area (Å²) in [5, 5.41) is 12.3. The quantitative estimate of drug-likeness (QED) is 0.628. The molecule has 0 saturated carbocycles. The molecule has 2 aromatic carbocycles. The van der Waals surface area contributed by atoms with Crippen LogP contribution in [-0.2, 0) is 4.79 Å². The van der Waals surface area contributed by atoms with Crippen molar-refractivity contribution in [1.82, 2.24) is 10.2 Å². The molecule has 0 saturated heterocycles. The van der Waals surface area contributed by atoms with E-state index < -0.39 is 0 Å². The van der Waals surface area contributed by atoms with Crippen molar-refractivity contribution in [1.29, 1.82) is 0 Å². The highest BCUT2D eigenvalue weighted by molar-refractivity contribution is 7.99. The molecule has 0 unspecified atom stereocenters. The summed E-state index contributed by atoms with van der Waals surface area (Å²) in [6.45, 7) is 8.22. The molecule has 0 spiro atoms. The second kappa shape index (κ2) is 8.35. The number of hydrogen-bond donors (Lipinski definition) is 1. The average molecular weight is 378 g/mol. The summed E-state index contributed by atoms with van der Waals surface area (Å²) in [6.07, 6.45) is 0. The van der Waals surface area contributed by atoms with Gasteiger partial charge in [-0.3, -0.25) is 4.79 Å². The van der Waals surface area contributed by atoms with Gasteiger partial charge >= 0.3 is 0 Å². The fourth-order valence-electron chi connectivity index (χ4n) is 2.66. The van der Waals surface area contributed by atoms with Crippen molar-refractivity contribution in [2.24, 2.45) is 0 Å². The van der Waals surface area contributed by atoms with Gasteiger partial charge in [-0.1, -0.05) is 36.0 Å². The number of hydrogen-bond acceptors (Lipinski definition) is 4. The standard InChI is InChI=1S/C22H23N3OS/c1-14-8-9-18(12-16(14)3)20-10-11-22(25-24-20)27-13-21(26)23-19-7-5-6-15(2)17(19)4/h5-12H,13H2,1-4H3,(H,23,26). The molecule has 0 fully saturated rings. The molecule has 1 N–H and O–H groups in total. The Labute approximate surface area is 164 Å². The number of aromatic nitrogens is 2.